The Labute approximate surface area is 246 Å². The molecule has 0 unspecified atom stereocenters. The highest BCUT2D eigenvalue weighted by Crippen LogP contribution is 2.25. The molecule has 3 aromatic rings. The van der Waals surface area contributed by atoms with Crippen LogP contribution in [0.1, 0.15) is 40.0 Å². The van der Waals surface area contributed by atoms with E-state index in [-0.39, 0.29) is 42.1 Å². The zero-order valence-corrected chi connectivity index (χ0v) is 25.2. The number of aromatic nitrogens is 1. The van der Waals surface area contributed by atoms with Crippen LogP contribution in [0.4, 0.5) is 10.5 Å². The number of piperidine rings is 1. The third-order valence-electron chi connectivity index (χ3n) is 6.99. The molecule has 0 saturated carbocycles. The van der Waals surface area contributed by atoms with E-state index >= 15 is 0 Å². The van der Waals surface area contributed by atoms with E-state index in [1.807, 2.05) is 12.1 Å². The van der Waals surface area contributed by atoms with Crippen LogP contribution < -0.4 is 10.2 Å². The molecule has 220 valence electrons. The van der Waals surface area contributed by atoms with Crippen LogP contribution in [0.3, 0.4) is 0 Å². The van der Waals surface area contributed by atoms with E-state index in [4.69, 9.17) is 16.3 Å². The number of pyridine rings is 1. The number of carbonyl (C=O) groups is 2. The van der Waals surface area contributed by atoms with Gasteiger partial charge < -0.3 is 19.9 Å². The number of nitrogens with zero attached hydrogens (tertiary/aromatic N) is 3. The number of rotatable bonds is 9. The first-order chi connectivity index (χ1) is 19.4. The molecule has 0 aliphatic carbocycles. The van der Waals surface area contributed by atoms with E-state index in [0.717, 1.165) is 42.4 Å². The summed E-state index contributed by atoms with van der Waals surface area (Å²) in [5.74, 6) is -0.564. The second kappa shape index (κ2) is 13.1. The number of sulfone groups is 1. The highest BCUT2D eigenvalue weighted by Gasteiger charge is 2.29. The minimum absolute atomic E-state index is 0.0749. The lowest BCUT2D eigenvalue weighted by molar-refractivity contribution is -0.133. The van der Waals surface area contributed by atoms with Gasteiger partial charge in [-0.05, 0) is 80.8 Å². The van der Waals surface area contributed by atoms with Crippen molar-refractivity contribution in [2.45, 2.75) is 56.6 Å². The number of benzene rings is 2. The van der Waals surface area contributed by atoms with Crippen molar-refractivity contribution in [3.05, 3.63) is 65.9 Å². The number of fused-ring (bicyclic) bond motifs is 1. The summed E-state index contributed by atoms with van der Waals surface area (Å²) in [7, 11) is -3.70. The van der Waals surface area contributed by atoms with Crippen LogP contribution in [0.5, 0.6) is 0 Å². The molecule has 4 rings (SSSR count). The van der Waals surface area contributed by atoms with Gasteiger partial charge in [0.15, 0.2) is 9.84 Å². The molecule has 41 heavy (non-hydrogen) atoms. The molecule has 1 N–H and O–H groups in total. The zero-order valence-electron chi connectivity index (χ0n) is 23.7. The van der Waals surface area contributed by atoms with E-state index in [1.54, 1.807) is 74.5 Å². The van der Waals surface area contributed by atoms with Crippen LogP contribution >= 0.6 is 11.6 Å². The van der Waals surface area contributed by atoms with Gasteiger partial charge in [-0.1, -0.05) is 23.7 Å². The van der Waals surface area contributed by atoms with E-state index in [0.29, 0.717) is 5.02 Å². The Balaban J connectivity index is 1.42. The van der Waals surface area contributed by atoms with Crippen LogP contribution in [0, 0.1) is 0 Å². The van der Waals surface area contributed by atoms with Crippen LogP contribution in [0.25, 0.3) is 10.8 Å². The Bertz CT molecular complexity index is 1470. The lowest BCUT2D eigenvalue weighted by Crippen LogP contribution is -2.50. The standard InChI is InChI=1S/C30H37ClN4O5S/c1-30(2,3)40-29(37)33-15-18-35(26-10-16-34(17-11-26)25-8-13-32-14-9-25)28(36)12-19-41(38,39)27-7-5-22-20-24(31)6-4-23(22)21-27/h4-9,13-14,20-21,26H,10-12,15-19H2,1-3H3,(H,33,37). The number of amides is 2. The summed E-state index contributed by atoms with van der Waals surface area (Å²) in [4.78, 5) is 33.9. The number of hydrogen-bond acceptors (Lipinski definition) is 7. The lowest BCUT2D eigenvalue weighted by Gasteiger charge is -2.39. The van der Waals surface area contributed by atoms with Crippen molar-refractivity contribution in [2.75, 3.05) is 36.8 Å². The van der Waals surface area contributed by atoms with Crippen LogP contribution in [0.15, 0.2) is 65.8 Å². The Kier molecular flexibility index (Phi) is 9.76. The fraction of sp³-hybridized carbons (Fsp3) is 0.433. The van der Waals surface area contributed by atoms with Crippen LogP contribution in [-0.4, -0.2) is 73.9 Å². The maximum Gasteiger partial charge on any atom is 0.407 e. The number of hydrogen-bond donors (Lipinski definition) is 1. The summed E-state index contributed by atoms with van der Waals surface area (Å²) in [5.41, 5.74) is 0.439. The van der Waals surface area contributed by atoms with Crippen LogP contribution in [-0.2, 0) is 19.4 Å². The molecule has 1 aliphatic rings. The Morgan fingerprint density at radius 3 is 2.39 bits per heavy atom. The molecule has 1 aliphatic heterocycles. The molecule has 0 bridgehead atoms. The maximum atomic E-state index is 13.5. The zero-order chi connectivity index (χ0) is 29.6. The summed E-state index contributed by atoms with van der Waals surface area (Å²) in [5, 5.41) is 4.90. The fourth-order valence-corrected chi connectivity index (χ4v) is 6.41. The van der Waals surface area contributed by atoms with Gasteiger partial charge in [-0.3, -0.25) is 9.78 Å². The predicted molar refractivity (Wildman–Crippen MR) is 161 cm³/mol. The average Bonchev–Trinajstić information content (AvgIpc) is 2.93. The smallest absolute Gasteiger partial charge is 0.407 e. The molecule has 11 heteroatoms. The van der Waals surface area contributed by atoms with Crippen molar-refractivity contribution >= 4 is 49.9 Å². The minimum atomic E-state index is -3.70. The number of halogens is 1. The van der Waals surface area contributed by atoms with Gasteiger partial charge in [-0.15, -0.1) is 0 Å². The molecular formula is C30H37ClN4O5S. The molecule has 9 nitrogen and oxygen atoms in total. The highest BCUT2D eigenvalue weighted by atomic mass is 35.5. The number of ether oxygens (including phenoxy) is 1. The first-order valence-electron chi connectivity index (χ1n) is 13.7. The first kappa shape index (κ1) is 30.6. The van der Waals surface area contributed by atoms with Crippen molar-refractivity contribution in [2.24, 2.45) is 0 Å². The summed E-state index contributed by atoms with van der Waals surface area (Å²) in [6.07, 6.45) is 4.24. The van der Waals surface area contributed by atoms with Gasteiger partial charge in [0.1, 0.15) is 5.60 Å². The highest BCUT2D eigenvalue weighted by molar-refractivity contribution is 7.91. The third-order valence-corrected chi connectivity index (χ3v) is 8.94. The third kappa shape index (κ3) is 8.56. The molecule has 2 heterocycles. The normalized spacial score (nSPS) is 14.6. The minimum Gasteiger partial charge on any atom is -0.444 e. The van der Waals surface area contributed by atoms with Crippen molar-refractivity contribution in [1.82, 2.24) is 15.2 Å². The SMILES string of the molecule is CC(C)(C)OC(=O)NCCN(C(=O)CCS(=O)(=O)c1ccc2cc(Cl)ccc2c1)C1CCN(c2ccncc2)CC1. The van der Waals surface area contributed by atoms with Gasteiger partial charge in [0, 0.05) is 61.7 Å². The quantitative estimate of drug-likeness (QED) is 0.365. The largest absolute Gasteiger partial charge is 0.444 e. The summed E-state index contributed by atoms with van der Waals surface area (Å²) in [6, 6.07) is 14.0. The van der Waals surface area contributed by atoms with Crippen molar-refractivity contribution in [3.63, 3.8) is 0 Å². The van der Waals surface area contributed by atoms with E-state index in [1.165, 1.54) is 0 Å². The monoisotopic (exact) mass is 600 g/mol. The molecule has 2 aromatic carbocycles. The van der Waals surface area contributed by atoms with E-state index < -0.39 is 21.5 Å². The average molecular weight is 601 g/mol. The fourth-order valence-electron chi connectivity index (χ4n) is 4.97. The second-order valence-electron chi connectivity index (χ2n) is 11.2. The number of alkyl carbamates (subject to hydrolysis) is 1. The molecule has 0 spiro atoms. The van der Waals surface area contributed by atoms with Gasteiger partial charge >= 0.3 is 6.09 Å². The van der Waals surface area contributed by atoms with Crippen molar-refractivity contribution in [3.8, 4) is 0 Å². The number of nitrogens with one attached hydrogen (secondary N) is 1. The van der Waals surface area contributed by atoms with Crippen molar-refractivity contribution < 1.29 is 22.7 Å². The number of anilines is 1. The summed E-state index contributed by atoms with van der Waals surface area (Å²) in [6.45, 7) is 7.30. The lowest BCUT2D eigenvalue weighted by atomic mass is 10.0. The Hall–Kier alpha value is -3.37. The number of carbonyl (C=O) groups excluding carboxylic acids is 2. The topological polar surface area (TPSA) is 109 Å². The predicted octanol–water partition coefficient (Wildman–Crippen LogP) is 5.07. The molecule has 0 atom stereocenters. The van der Waals surface area contributed by atoms with Gasteiger partial charge in [-0.25, -0.2) is 13.2 Å². The van der Waals surface area contributed by atoms with Gasteiger partial charge in [0.05, 0.1) is 10.6 Å². The van der Waals surface area contributed by atoms with E-state index in [2.05, 4.69) is 15.2 Å². The molecule has 0 radical (unpaired) electrons. The first-order valence-corrected chi connectivity index (χ1v) is 15.8. The second-order valence-corrected chi connectivity index (χ2v) is 13.7. The van der Waals surface area contributed by atoms with Gasteiger partial charge in [0.25, 0.3) is 0 Å². The van der Waals surface area contributed by atoms with E-state index in [9.17, 15) is 18.0 Å². The molecule has 1 fully saturated rings. The summed E-state index contributed by atoms with van der Waals surface area (Å²) >= 11 is 6.05. The Morgan fingerprint density at radius 2 is 1.71 bits per heavy atom. The maximum absolute atomic E-state index is 13.5. The van der Waals surface area contributed by atoms with Gasteiger partial charge in [-0.2, -0.15) is 0 Å². The molecule has 1 saturated heterocycles. The summed E-state index contributed by atoms with van der Waals surface area (Å²) < 4.78 is 31.7. The van der Waals surface area contributed by atoms with Gasteiger partial charge in [0.2, 0.25) is 5.91 Å². The van der Waals surface area contributed by atoms with Crippen molar-refractivity contribution in [1.29, 1.82) is 0 Å². The Morgan fingerprint density at radius 1 is 1.05 bits per heavy atom. The molecule has 2 amide bonds. The molecule has 1 aromatic heterocycles. The molecular weight excluding hydrogens is 564 g/mol. The van der Waals surface area contributed by atoms with Crippen LogP contribution in [0.2, 0.25) is 5.02 Å².